The third-order valence-corrected chi connectivity index (χ3v) is 4.52. The molecule has 0 radical (unpaired) electrons. The first-order valence-electron chi connectivity index (χ1n) is 8.53. The van der Waals surface area contributed by atoms with Crippen molar-refractivity contribution in [2.75, 3.05) is 5.32 Å². The van der Waals surface area contributed by atoms with E-state index in [1.54, 1.807) is 17.6 Å². The molecular formula is C19H17F3N4O2S. The van der Waals surface area contributed by atoms with E-state index in [4.69, 9.17) is 0 Å². The number of benzene rings is 1. The fourth-order valence-electron chi connectivity index (χ4n) is 2.45. The maximum atomic E-state index is 12.5. The van der Waals surface area contributed by atoms with Gasteiger partial charge in [-0.25, -0.2) is 9.97 Å². The van der Waals surface area contributed by atoms with E-state index in [1.807, 2.05) is 19.1 Å². The molecule has 0 aliphatic carbocycles. The summed E-state index contributed by atoms with van der Waals surface area (Å²) in [5.74, 6) is -0.0555. The molecule has 6 nitrogen and oxygen atoms in total. The molecule has 10 heteroatoms. The highest BCUT2D eigenvalue weighted by molar-refractivity contribution is 7.13. The number of carbonyl (C=O) groups is 1. The van der Waals surface area contributed by atoms with Crippen LogP contribution in [0.25, 0.3) is 0 Å². The molecule has 29 heavy (non-hydrogen) atoms. The largest absolute Gasteiger partial charge is 0.573 e. The minimum absolute atomic E-state index is 0.00171. The van der Waals surface area contributed by atoms with Crippen LogP contribution in [0.3, 0.4) is 0 Å². The predicted molar refractivity (Wildman–Crippen MR) is 103 cm³/mol. The number of alkyl halides is 3. The van der Waals surface area contributed by atoms with Gasteiger partial charge in [0.1, 0.15) is 11.6 Å². The molecule has 0 atom stereocenters. The first-order valence-corrected chi connectivity index (χ1v) is 9.41. The standard InChI is InChI=1S/C19H17F3N4O2S/c1-12-6-7-23-16(8-12)26-18-25-14(11-29-18)9-17(27)24-10-13-4-2-3-5-15(13)28-19(20,21)22/h2-8,11H,9-10H2,1H3,(H,24,27)(H,23,25,26). The Morgan fingerprint density at radius 1 is 1.24 bits per heavy atom. The van der Waals surface area contributed by atoms with Crippen molar-refractivity contribution in [2.45, 2.75) is 26.3 Å². The molecule has 0 unspecified atom stereocenters. The fourth-order valence-corrected chi connectivity index (χ4v) is 3.17. The zero-order valence-corrected chi connectivity index (χ0v) is 16.1. The molecule has 2 N–H and O–H groups in total. The number of hydrogen-bond donors (Lipinski definition) is 2. The number of aryl methyl sites for hydroxylation is 1. The number of anilines is 2. The van der Waals surface area contributed by atoms with E-state index in [9.17, 15) is 18.0 Å². The lowest BCUT2D eigenvalue weighted by atomic mass is 10.2. The van der Waals surface area contributed by atoms with Crippen LogP contribution in [-0.2, 0) is 17.8 Å². The number of para-hydroxylation sites is 1. The van der Waals surface area contributed by atoms with Crippen molar-refractivity contribution in [3.8, 4) is 5.75 Å². The molecule has 0 saturated carbocycles. The van der Waals surface area contributed by atoms with E-state index in [-0.39, 0.29) is 30.2 Å². The zero-order valence-electron chi connectivity index (χ0n) is 15.3. The van der Waals surface area contributed by atoms with E-state index in [0.717, 1.165) is 5.56 Å². The summed E-state index contributed by atoms with van der Waals surface area (Å²) in [5.41, 5.74) is 1.82. The van der Waals surface area contributed by atoms with Gasteiger partial charge in [0, 0.05) is 23.7 Å². The first kappa shape index (κ1) is 20.6. The van der Waals surface area contributed by atoms with Gasteiger partial charge in [-0.15, -0.1) is 24.5 Å². The normalized spacial score (nSPS) is 11.2. The highest BCUT2D eigenvalue weighted by Crippen LogP contribution is 2.26. The number of pyridine rings is 1. The number of rotatable bonds is 7. The minimum atomic E-state index is -4.80. The van der Waals surface area contributed by atoms with Gasteiger partial charge in [-0.05, 0) is 30.7 Å². The molecule has 0 bridgehead atoms. The van der Waals surface area contributed by atoms with Crippen molar-refractivity contribution in [2.24, 2.45) is 0 Å². The number of nitrogens with one attached hydrogen (secondary N) is 2. The van der Waals surface area contributed by atoms with Crippen LogP contribution in [0.1, 0.15) is 16.8 Å². The van der Waals surface area contributed by atoms with Crippen molar-refractivity contribution in [3.63, 3.8) is 0 Å². The van der Waals surface area contributed by atoms with Crippen LogP contribution < -0.4 is 15.4 Å². The second-order valence-corrected chi connectivity index (χ2v) is 6.95. The summed E-state index contributed by atoms with van der Waals surface area (Å²) >= 11 is 1.33. The monoisotopic (exact) mass is 422 g/mol. The number of aromatic nitrogens is 2. The van der Waals surface area contributed by atoms with Gasteiger partial charge in [-0.3, -0.25) is 4.79 Å². The molecule has 3 rings (SSSR count). The third-order valence-electron chi connectivity index (χ3n) is 3.72. The van der Waals surface area contributed by atoms with Crippen molar-refractivity contribution in [1.29, 1.82) is 0 Å². The fraction of sp³-hybridized carbons (Fsp3) is 0.211. The number of thiazole rings is 1. The van der Waals surface area contributed by atoms with E-state index in [0.29, 0.717) is 16.6 Å². The maximum Gasteiger partial charge on any atom is 0.573 e. The second kappa shape index (κ2) is 8.91. The Morgan fingerprint density at radius 2 is 2.03 bits per heavy atom. The van der Waals surface area contributed by atoms with Gasteiger partial charge in [0.15, 0.2) is 5.13 Å². The number of amides is 1. The highest BCUT2D eigenvalue weighted by atomic mass is 32.1. The van der Waals surface area contributed by atoms with E-state index < -0.39 is 6.36 Å². The number of hydrogen-bond acceptors (Lipinski definition) is 6. The number of ether oxygens (including phenoxy) is 1. The Hall–Kier alpha value is -3.14. The van der Waals surface area contributed by atoms with Gasteiger partial charge in [0.25, 0.3) is 0 Å². The number of carbonyl (C=O) groups excluding carboxylic acids is 1. The summed E-state index contributed by atoms with van der Waals surface area (Å²) in [6, 6.07) is 9.41. The Bertz CT molecular complexity index is 991. The van der Waals surface area contributed by atoms with Crippen LogP contribution in [0.5, 0.6) is 5.75 Å². The van der Waals surface area contributed by atoms with Crippen LogP contribution in [0.2, 0.25) is 0 Å². The van der Waals surface area contributed by atoms with Gasteiger partial charge in [-0.1, -0.05) is 18.2 Å². The van der Waals surface area contributed by atoms with Crippen molar-refractivity contribution < 1.29 is 22.7 Å². The summed E-state index contributed by atoms with van der Waals surface area (Å²) < 4.78 is 41.4. The second-order valence-electron chi connectivity index (χ2n) is 6.10. The van der Waals surface area contributed by atoms with Gasteiger partial charge < -0.3 is 15.4 Å². The quantitative estimate of drug-likeness (QED) is 0.592. The van der Waals surface area contributed by atoms with E-state index in [1.165, 1.54) is 29.5 Å². The van der Waals surface area contributed by atoms with Gasteiger partial charge in [0.2, 0.25) is 5.91 Å². The van der Waals surface area contributed by atoms with Gasteiger partial charge in [0.05, 0.1) is 12.1 Å². The van der Waals surface area contributed by atoms with E-state index >= 15 is 0 Å². The Balaban J connectivity index is 1.55. The smallest absolute Gasteiger partial charge is 0.405 e. The first-order chi connectivity index (χ1) is 13.8. The lowest BCUT2D eigenvalue weighted by Crippen LogP contribution is -2.25. The molecule has 3 aromatic rings. The number of nitrogens with zero attached hydrogens (tertiary/aromatic N) is 2. The van der Waals surface area contributed by atoms with Crippen LogP contribution in [0.4, 0.5) is 24.1 Å². The zero-order chi connectivity index (χ0) is 20.9. The van der Waals surface area contributed by atoms with Crippen molar-refractivity contribution >= 4 is 28.2 Å². The average molecular weight is 422 g/mol. The Morgan fingerprint density at radius 3 is 2.79 bits per heavy atom. The summed E-state index contributed by atoms with van der Waals surface area (Å²) in [7, 11) is 0. The molecule has 1 aromatic carbocycles. The minimum Gasteiger partial charge on any atom is -0.405 e. The maximum absolute atomic E-state index is 12.5. The van der Waals surface area contributed by atoms with Crippen LogP contribution >= 0.6 is 11.3 Å². The van der Waals surface area contributed by atoms with Crippen LogP contribution in [0.15, 0.2) is 48.0 Å². The summed E-state index contributed by atoms with van der Waals surface area (Å²) in [6.45, 7) is 1.86. The van der Waals surface area contributed by atoms with Crippen molar-refractivity contribution in [1.82, 2.24) is 15.3 Å². The highest BCUT2D eigenvalue weighted by Gasteiger charge is 2.31. The molecule has 0 aliphatic rings. The molecule has 2 heterocycles. The van der Waals surface area contributed by atoms with Crippen LogP contribution in [-0.4, -0.2) is 22.2 Å². The Labute approximate surface area is 168 Å². The lowest BCUT2D eigenvalue weighted by molar-refractivity contribution is -0.274. The summed E-state index contributed by atoms with van der Waals surface area (Å²) in [6.07, 6.45) is -3.11. The van der Waals surface area contributed by atoms with Crippen LogP contribution in [0, 0.1) is 6.92 Å². The van der Waals surface area contributed by atoms with E-state index in [2.05, 4.69) is 25.3 Å². The molecule has 0 aliphatic heterocycles. The molecular weight excluding hydrogens is 405 g/mol. The third kappa shape index (κ3) is 6.46. The molecule has 152 valence electrons. The SMILES string of the molecule is Cc1ccnc(Nc2nc(CC(=O)NCc3ccccc3OC(F)(F)F)cs2)c1. The molecule has 0 spiro atoms. The molecule has 1 amide bonds. The van der Waals surface area contributed by atoms with Gasteiger partial charge >= 0.3 is 6.36 Å². The Kier molecular flexibility index (Phi) is 6.32. The predicted octanol–water partition coefficient (Wildman–Crippen LogP) is 4.35. The van der Waals surface area contributed by atoms with Gasteiger partial charge in [-0.2, -0.15) is 0 Å². The summed E-state index contributed by atoms with van der Waals surface area (Å²) in [4.78, 5) is 20.7. The molecule has 2 aromatic heterocycles. The topological polar surface area (TPSA) is 76.1 Å². The van der Waals surface area contributed by atoms with Crippen molar-refractivity contribution in [3.05, 3.63) is 64.8 Å². The number of halogens is 3. The molecule has 0 saturated heterocycles. The molecule has 0 fully saturated rings. The lowest BCUT2D eigenvalue weighted by Gasteiger charge is -2.13. The summed E-state index contributed by atoms with van der Waals surface area (Å²) in [5, 5.41) is 7.98. The average Bonchev–Trinajstić information content (AvgIpc) is 3.06.